The van der Waals surface area contributed by atoms with Gasteiger partial charge in [0.05, 0.1) is 11.6 Å². The van der Waals surface area contributed by atoms with Crippen molar-refractivity contribution >= 4 is 10.9 Å². The van der Waals surface area contributed by atoms with E-state index in [0.29, 0.717) is 12.0 Å². The number of piperidine rings is 1. The van der Waals surface area contributed by atoms with Crippen molar-refractivity contribution in [3.8, 4) is 0 Å². The lowest BCUT2D eigenvalue weighted by Gasteiger charge is -2.36. The van der Waals surface area contributed by atoms with Crippen LogP contribution in [0.1, 0.15) is 80.0 Å². The molecule has 0 bridgehead atoms. The summed E-state index contributed by atoms with van der Waals surface area (Å²) in [6, 6.07) is 6.40. The zero-order valence-electron chi connectivity index (χ0n) is 18.8. The van der Waals surface area contributed by atoms with Gasteiger partial charge in [0.15, 0.2) is 5.82 Å². The number of rotatable bonds is 4. The lowest BCUT2D eigenvalue weighted by molar-refractivity contribution is 0.139. The minimum atomic E-state index is -0.229. The van der Waals surface area contributed by atoms with Crippen LogP contribution in [0.25, 0.3) is 10.9 Å². The molecule has 31 heavy (non-hydrogen) atoms. The van der Waals surface area contributed by atoms with Gasteiger partial charge in [-0.15, -0.1) is 5.10 Å². The molecule has 2 aromatic heterocycles. The fourth-order valence-corrected chi connectivity index (χ4v) is 5.49. The van der Waals surface area contributed by atoms with Gasteiger partial charge in [0.2, 0.25) is 0 Å². The summed E-state index contributed by atoms with van der Waals surface area (Å²) in [5, 5.41) is 14.0. The van der Waals surface area contributed by atoms with Gasteiger partial charge in [-0.25, -0.2) is 4.68 Å². The van der Waals surface area contributed by atoms with Gasteiger partial charge in [0.25, 0.3) is 5.56 Å². The number of nitrogens with one attached hydrogen (secondary N) is 1. The number of fused-ring (bicyclic) bond motifs is 1. The zero-order chi connectivity index (χ0) is 21.5. The van der Waals surface area contributed by atoms with E-state index < -0.39 is 0 Å². The minimum Gasteiger partial charge on any atom is -0.321 e. The quantitative estimate of drug-likeness (QED) is 0.688. The summed E-state index contributed by atoms with van der Waals surface area (Å²) in [4.78, 5) is 19.0. The third-order valence-corrected chi connectivity index (χ3v) is 7.36. The Morgan fingerprint density at radius 3 is 2.71 bits per heavy atom. The Bertz CT molecular complexity index is 1140. The molecule has 0 radical (unpaired) electrons. The number of likely N-dealkylation sites (tertiary alicyclic amines) is 1. The normalized spacial score (nSPS) is 21.7. The summed E-state index contributed by atoms with van der Waals surface area (Å²) in [5.41, 5.74) is 3.95. The second kappa shape index (κ2) is 8.19. The molecule has 3 heterocycles. The molecule has 2 aliphatic rings. The van der Waals surface area contributed by atoms with Crippen molar-refractivity contribution in [2.24, 2.45) is 5.92 Å². The maximum absolute atomic E-state index is 13.4. The van der Waals surface area contributed by atoms with Gasteiger partial charge in [-0.1, -0.05) is 31.9 Å². The van der Waals surface area contributed by atoms with Crippen LogP contribution in [0.5, 0.6) is 0 Å². The number of tetrazole rings is 1. The molecular formula is C24H32N6O. The van der Waals surface area contributed by atoms with Crippen molar-refractivity contribution in [2.75, 3.05) is 13.1 Å². The van der Waals surface area contributed by atoms with Gasteiger partial charge in [0.1, 0.15) is 6.04 Å². The van der Waals surface area contributed by atoms with E-state index in [4.69, 9.17) is 0 Å². The number of aryl methyl sites for hydroxylation is 2. The van der Waals surface area contributed by atoms with Crippen molar-refractivity contribution in [1.82, 2.24) is 30.1 Å². The molecule has 164 valence electrons. The number of aromatic nitrogens is 5. The molecule has 1 saturated carbocycles. The largest absolute Gasteiger partial charge is 0.321 e. The lowest BCUT2D eigenvalue weighted by Crippen LogP contribution is -2.41. The van der Waals surface area contributed by atoms with E-state index in [2.05, 4.69) is 64.4 Å². The Kier molecular flexibility index (Phi) is 5.38. The van der Waals surface area contributed by atoms with E-state index in [-0.39, 0.29) is 11.6 Å². The van der Waals surface area contributed by atoms with Crippen LogP contribution in [0, 0.1) is 19.8 Å². The molecule has 3 aromatic rings. The molecule has 1 aliphatic carbocycles. The van der Waals surface area contributed by atoms with Crippen LogP contribution in [0.4, 0.5) is 0 Å². The average Bonchev–Trinajstić information content (AvgIpc) is 3.44. The van der Waals surface area contributed by atoms with Gasteiger partial charge in [-0.2, -0.15) is 0 Å². The molecule has 2 fully saturated rings. The summed E-state index contributed by atoms with van der Waals surface area (Å²) < 4.78 is 2.01. The fraction of sp³-hybridized carbons (Fsp3) is 0.583. The Balaban J connectivity index is 1.67. The van der Waals surface area contributed by atoms with Crippen molar-refractivity contribution in [2.45, 2.75) is 71.4 Å². The van der Waals surface area contributed by atoms with E-state index >= 15 is 0 Å². The van der Waals surface area contributed by atoms with Gasteiger partial charge >= 0.3 is 0 Å². The molecule has 0 spiro atoms. The molecule has 2 unspecified atom stereocenters. The maximum Gasteiger partial charge on any atom is 0.253 e. The average molecular weight is 421 g/mol. The molecule has 1 saturated heterocycles. The van der Waals surface area contributed by atoms with E-state index in [1.54, 1.807) is 0 Å². The van der Waals surface area contributed by atoms with Crippen molar-refractivity contribution in [1.29, 1.82) is 0 Å². The second-order valence-corrected chi connectivity index (χ2v) is 9.59. The molecule has 1 aromatic carbocycles. The third-order valence-electron chi connectivity index (χ3n) is 7.36. The first-order chi connectivity index (χ1) is 15.0. The third kappa shape index (κ3) is 3.69. The summed E-state index contributed by atoms with van der Waals surface area (Å²) in [6.45, 7) is 8.34. The minimum absolute atomic E-state index is 0.0367. The van der Waals surface area contributed by atoms with Crippen molar-refractivity contribution < 1.29 is 0 Å². The Labute approximate surface area is 182 Å². The summed E-state index contributed by atoms with van der Waals surface area (Å²) in [5.74, 6) is 1.41. The van der Waals surface area contributed by atoms with E-state index in [1.165, 1.54) is 24.8 Å². The summed E-state index contributed by atoms with van der Waals surface area (Å²) in [6.07, 6.45) is 6.99. The van der Waals surface area contributed by atoms with Crippen LogP contribution >= 0.6 is 0 Å². The van der Waals surface area contributed by atoms with Gasteiger partial charge in [-0.05, 0) is 85.0 Å². The standard InChI is InChI=1S/C24H32N6O/c1-15-7-6-12-29(14-15)22(23-26-27-28-30(23)19-8-4-5-9-19)20-13-18-11-10-16(2)17(3)21(18)25-24(20)31/h10-11,13,15,19,22H,4-9,12,14H2,1-3H3,(H,25,31). The molecule has 1 N–H and O–H groups in total. The van der Waals surface area contributed by atoms with Crippen LogP contribution in [-0.2, 0) is 0 Å². The number of pyridine rings is 1. The monoisotopic (exact) mass is 420 g/mol. The molecule has 5 rings (SSSR count). The highest BCUT2D eigenvalue weighted by molar-refractivity contribution is 5.83. The predicted molar refractivity (Wildman–Crippen MR) is 121 cm³/mol. The van der Waals surface area contributed by atoms with Gasteiger partial charge in [-0.3, -0.25) is 9.69 Å². The first-order valence-electron chi connectivity index (χ1n) is 11.7. The SMILES string of the molecule is Cc1ccc2cc(C(c3nnnn3C3CCCC3)N3CCCC(C)C3)c(=O)[nH]c2c1C. The van der Waals surface area contributed by atoms with Crippen molar-refractivity contribution in [3.63, 3.8) is 0 Å². The molecule has 7 heteroatoms. The molecular weight excluding hydrogens is 388 g/mol. The van der Waals surface area contributed by atoms with Crippen LogP contribution in [0.3, 0.4) is 0 Å². The molecule has 7 nitrogen and oxygen atoms in total. The van der Waals surface area contributed by atoms with Crippen LogP contribution in [0.2, 0.25) is 0 Å². The van der Waals surface area contributed by atoms with E-state index in [1.807, 2.05) is 4.68 Å². The Hall–Kier alpha value is -2.54. The topological polar surface area (TPSA) is 79.7 Å². The summed E-state index contributed by atoms with van der Waals surface area (Å²) in [7, 11) is 0. The van der Waals surface area contributed by atoms with E-state index in [0.717, 1.165) is 60.2 Å². The fourth-order valence-electron chi connectivity index (χ4n) is 5.49. The second-order valence-electron chi connectivity index (χ2n) is 9.59. The van der Waals surface area contributed by atoms with Crippen LogP contribution in [0.15, 0.2) is 23.0 Å². The number of hydrogen-bond acceptors (Lipinski definition) is 5. The van der Waals surface area contributed by atoms with Gasteiger partial charge in [0, 0.05) is 12.1 Å². The molecule has 0 amide bonds. The van der Waals surface area contributed by atoms with Crippen LogP contribution in [-0.4, -0.2) is 43.2 Å². The number of H-pyrrole nitrogens is 1. The maximum atomic E-state index is 13.4. The predicted octanol–water partition coefficient (Wildman–Crippen LogP) is 4.07. The van der Waals surface area contributed by atoms with Gasteiger partial charge < -0.3 is 4.98 Å². The smallest absolute Gasteiger partial charge is 0.253 e. The summed E-state index contributed by atoms with van der Waals surface area (Å²) >= 11 is 0. The molecule has 2 atom stereocenters. The Morgan fingerprint density at radius 2 is 1.94 bits per heavy atom. The number of aromatic amines is 1. The van der Waals surface area contributed by atoms with E-state index in [9.17, 15) is 4.79 Å². The molecule has 1 aliphatic heterocycles. The van der Waals surface area contributed by atoms with Crippen LogP contribution < -0.4 is 5.56 Å². The highest BCUT2D eigenvalue weighted by atomic mass is 16.1. The Morgan fingerprint density at radius 1 is 1.13 bits per heavy atom. The highest BCUT2D eigenvalue weighted by Crippen LogP contribution is 2.35. The number of benzene rings is 1. The first kappa shape index (κ1) is 20.4. The number of nitrogens with zero attached hydrogens (tertiary/aromatic N) is 5. The first-order valence-corrected chi connectivity index (χ1v) is 11.7. The lowest BCUT2D eigenvalue weighted by atomic mass is 9.95. The highest BCUT2D eigenvalue weighted by Gasteiger charge is 2.34. The van der Waals surface area contributed by atoms with Crippen molar-refractivity contribution in [3.05, 3.63) is 51.1 Å². The zero-order valence-corrected chi connectivity index (χ0v) is 18.8. The number of hydrogen-bond donors (Lipinski definition) is 1.